The van der Waals surface area contributed by atoms with Crippen LogP contribution in [0.1, 0.15) is 17.5 Å². The van der Waals surface area contributed by atoms with Crippen molar-refractivity contribution in [2.24, 2.45) is 0 Å². The van der Waals surface area contributed by atoms with E-state index in [1.807, 2.05) is 12.1 Å². The van der Waals surface area contributed by atoms with Gasteiger partial charge in [0.05, 0.1) is 13.2 Å². The third-order valence-electron chi connectivity index (χ3n) is 3.75. The number of piperazine rings is 1. The van der Waals surface area contributed by atoms with Crippen molar-refractivity contribution in [3.05, 3.63) is 28.3 Å². The maximum atomic E-state index is 6.02. The van der Waals surface area contributed by atoms with E-state index in [0.717, 1.165) is 34.9 Å². The van der Waals surface area contributed by atoms with Gasteiger partial charge in [-0.15, -0.1) is 0 Å². The van der Waals surface area contributed by atoms with Crippen LogP contribution in [-0.2, 0) is 0 Å². The van der Waals surface area contributed by atoms with Crippen molar-refractivity contribution in [3.8, 4) is 5.75 Å². The lowest BCUT2D eigenvalue weighted by molar-refractivity contribution is -0.946. The number of hydrogen-bond acceptors (Lipinski definition) is 1. The minimum Gasteiger partial charge on any atom is -0.493 e. The molecule has 1 heterocycles. The van der Waals surface area contributed by atoms with Gasteiger partial charge in [0.2, 0.25) is 0 Å². The molecule has 0 bridgehead atoms. The highest BCUT2D eigenvalue weighted by atomic mass is 35.5. The molecule has 0 aromatic heterocycles. The van der Waals surface area contributed by atoms with E-state index in [1.54, 1.807) is 4.90 Å². The van der Waals surface area contributed by atoms with Gasteiger partial charge in [-0.1, -0.05) is 11.6 Å². The van der Waals surface area contributed by atoms with Gasteiger partial charge in [-0.25, -0.2) is 0 Å². The number of hydrogen-bond donors (Lipinski definition) is 2. The lowest BCUT2D eigenvalue weighted by atomic mass is 10.1. The van der Waals surface area contributed by atoms with Crippen LogP contribution in [0.3, 0.4) is 0 Å². The normalized spacial score (nSPS) is 16.6. The summed E-state index contributed by atoms with van der Waals surface area (Å²) in [5.74, 6) is 1.01. The monoisotopic (exact) mass is 284 g/mol. The highest BCUT2D eigenvalue weighted by Gasteiger charge is 2.14. The van der Waals surface area contributed by atoms with E-state index in [0.29, 0.717) is 0 Å². The molecule has 1 aromatic rings. The maximum Gasteiger partial charge on any atom is 0.127 e. The number of benzene rings is 1. The predicted octanol–water partition coefficient (Wildman–Crippen LogP) is 0.188. The molecule has 0 saturated carbocycles. The lowest BCUT2D eigenvalue weighted by Gasteiger charge is -2.22. The van der Waals surface area contributed by atoms with E-state index in [2.05, 4.69) is 19.2 Å². The molecule has 106 valence electrons. The number of ether oxygens (including phenoxy) is 1. The molecular formula is C15H25ClN2O+2. The Labute approximate surface area is 120 Å². The van der Waals surface area contributed by atoms with Crippen LogP contribution >= 0.6 is 11.6 Å². The second-order valence-corrected chi connectivity index (χ2v) is 5.87. The summed E-state index contributed by atoms with van der Waals surface area (Å²) in [6.07, 6.45) is 1.12. The first-order valence-corrected chi connectivity index (χ1v) is 7.59. The molecule has 0 spiro atoms. The molecule has 0 atom stereocenters. The predicted molar refractivity (Wildman–Crippen MR) is 78.3 cm³/mol. The summed E-state index contributed by atoms with van der Waals surface area (Å²) in [5.41, 5.74) is 2.26. The highest BCUT2D eigenvalue weighted by Crippen LogP contribution is 2.26. The summed E-state index contributed by atoms with van der Waals surface area (Å²) in [7, 11) is 0. The molecule has 2 rings (SSSR count). The third-order valence-corrected chi connectivity index (χ3v) is 3.97. The zero-order valence-electron chi connectivity index (χ0n) is 12.0. The average Bonchev–Trinajstić information content (AvgIpc) is 2.38. The van der Waals surface area contributed by atoms with Gasteiger partial charge in [-0.05, 0) is 37.1 Å². The maximum absolute atomic E-state index is 6.02. The molecule has 1 aromatic carbocycles. The number of aryl methyl sites for hydroxylation is 2. The number of halogens is 1. The van der Waals surface area contributed by atoms with Crippen molar-refractivity contribution in [1.82, 2.24) is 0 Å². The quantitative estimate of drug-likeness (QED) is 0.743. The van der Waals surface area contributed by atoms with Crippen LogP contribution in [0.2, 0.25) is 5.02 Å². The molecule has 0 radical (unpaired) electrons. The number of nitrogens with one attached hydrogen (secondary N) is 1. The summed E-state index contributed by atoms with van der Waals surface area (Å²) >= 11 is 6.02. The highest BCUT2D eigenvalue weighted by molar-refractivity contribution is 6.30. The summed E-state index contributed by atoms with van der Waals surface area (Å²) < 4.78 is 5.93. The van der Waals surface area contributed by atoms with Crippen LogP contribution in [0.4, 0.5) is 0 Å². The standard InChI is InChI=1S/C15H23ClN2O/c1-12-10-14(16)11-13(2)15(12)19-9-3-6-18-7-4-17-5-8-18/h10-11,17H,3-9H2,1-2H3/p+2. The number of rotatable bonds is 5. The molecular weight excluding hydrogens is 260 g/mol. The fourth-order valence-electron chi connectivity index (χ4n) is 2.75. The van der Waals surface area contributed by atoms with Crippen LogP contribution in [0.25, 0.3) is 0 Å². The zero-order valence-corrected chi connectivity index (χ0v) is 12.7. The first-order valence-electron chi connectivity index (χ1n) is 7.21. The second-order valence-electron chi connectivity index (χ2n) is 5.44. The van der Waals surface area contributed by atoms with Gasteiger partial charge in [0.1, 0.15) is 31.9 Å². The van der Waals surface area contributed by atoms with Crippen molar-refractivity contribution < 1.29 is 15.0 Å². The van der Waals surface area contributed by atoms with Gasteiger partial charge >= 0.3 is 0 Å². The van der Waals surface area contributed by atoms with E-state index in [4.69, 9.17) is 16.3 Å². The minimum atomic E-state index is 0.788. The molecule has 0 unspecified atom stereocenters. The molecule has 0 amide bonds. The van der Waals surface area contributed by atoms with Gasteiger partial charge in [-0.3, -0.25) is 0 Å². The van der Waals surface area contributed by atoms with Gasteiger partial charge in [0.15, 0.2) is 0 Å². The molecule has 1 aliphatic heterocycles. The van der Waals surface area contributed by atoms with Gasteiger partial charge in [0.25, 0.3) is 0 Å². The molecule has 19 heavy (non-hydrogen) atoms. The van der Waals surface area contributed by atoms with Crippen LogP contribution in [0, 0.1) is 13.8 Å². The Morgan fingerprint density at radius 2 is 1.84 bits per heavy atom. The number of quaternary nitrogens is 2. The van der Waals surface area contributed by atoms with E-state index < -0.39 is 0 Å². The van der Waals surface area contributed by atoms with Gasteiger partial charge in [-0.2, -0.15) is 0 Å². The fourth-order valence-corrected chi connectivity index (χ4v) is 3.08. The Balaban J connectivity index is 1.76. The first-order chi connectivity index (χ1) is 9.16. The Bertz CT molecular complexity index is 394. The Kier molecular flexibility index (Phi) is 5.49. The SMILES string of the molecule is Cc1cc(Cl)cc(C)c1OCCC[NH+]1CC[NH2+]CC1. The van der Waals surface area contributed by atoms with E-state index in [9.17, 15) is 0 Å². The van der Waals surface area contributed by atoms with E-state index >= 15 is 0 Å². The summed E-state index contributed by atoms with van der Waals surface area (Å²) in [5, 5.41) is 3.19. The molecule has 1 fully saturated rings. The smallest absolute Gasteiger partial charge is 0.127 e. The lowest BCUT2D eigenvalue weighted by Crippen LogP contribution is -3.20. The van der Waals surface area contributed by atoms with Crippen LogP contribution in [0.15, 0.2) is 12.1 Å². The van der Waals surface area contributed by atoms with E-state index in [-0.39, 0.29) is 0 Å². The summed E-state index contributed by atoms with van der Waals surface area (Å²) in [4.78, 5) is 1.72. The summed E-state index contributed by atoms with van der Waals surface area (Å²) in [6, 6.07) is 3.94. The van der Waals surface area contributed by atoms with Crippen molar-refractivity contribution in [2.75, 3.05) is 39.3 Å². The molecule has 0 aliphatic carbocycles. The second kappa shape index (κ2) is 7.13. The largest absolute Gasteiger partial charge is 0.493 e. The number of nitrogens with two attached hydrogens (primary N) is 1. The molecule has 3 N–H and O–H groups in total. The Hall–Kier alpha value is -0.770. The van der Waals surface area contributed by atoms with Crippen molar-refractivity contribution in [2.45, 2.75) is 20.3 Å². The van der Waals surface area contributed by atoms with Crippen LogP contribution in [-0.4, -0.2) is 39.3 Å². The Morgan fingerprint density at radius 1 is 1.21 bits per heavy atom. The molecule has 4 heteroatoms. The van der Waals surface area contributed by atoms with Crippen molar-refractivity contribution in [1.29, 1.82) is 0 Å². The van der Waals surface area contributed by atoms with Crippen LogP contribution in [0.5, 0.6) is 5.75 Å². The van der Waals surface area contributed by atoms with Gasteiger partial charge in [0, 0.05) is 11.4 Å². The fraction of sp³-hybridized carbons (Fsp3) is 0.600. The van der Waals surface area contributed by atoms with Crippen LogP contribution < -0.4 is 15.0 Å². The first kappa shape index (κ1) is 14.6. The van der Waals surface area contributed by atoms with Crippen molar-refractivity contribution >= 4 is 11.6 Å². The van der Waals surface area contributed by atoms with Gasteiger partial charge < -0.3 is 15.0 Å². The molecule has 1 aliphatic rings. The topological polar surface area (TPSA) is 30.3 Å². The molecule has 3 nitrogen and oxygen atoms in total. The minimum absolute atomic E-state index is 0.788. The van der Waals surface area contributed by atoms with E-state index in [1.165, 1.54) is 32.7 Å². The summed E-state index contributed by atoms with van der Waals surface area (Å²) in [6.45, 7) is 11.3. The average molecular weight is 285 g/mol. The third kappa shape index (κ3) is 4.37. The Morgan fingerprint density at radius 3 is 2.47 bits per heavy atom. The van der Waals surface area contributed by atoms with Crippen molar-refractivity contribution in [3.63, 3.8) is 0 Å². The molecule has 1 saturated heterocycles. The zero-order chi connectivity index (χ0) is 13.7.